The first-order chi connectivity index (χ1) is 9.61. The Labute approximate surface area is 117 Å². The predicted molar refractivity (Wildman–Crippen MR) is 77.1 cm³/mol. The van der Waals surface area contributed by atoms with Gasteiger partial charge < -0.3 is 10.5 Å². The number of hydrogen-bond acceptors (Lipinski definition) is 4. The van der Waals surface area contributed by atoms with Crippen molar-refractivity contribution in [3.8, 4) is 5.75 Å². The zero-order valence-electron chi connectivity index (χ0n) is 11.1. The van der Waals surface area contributed by atoms with E-state index in [4.69, 9.17) is 10.5 Å². The lowest BCUT2D eigenvalue weighted by atomic mass is 10.0. The number of methoxy groups -OCH3 is 1. The zero-order chi connectivity index (χ0) is 14.5. The van der Waals surface area contributed by atoms with Gasteiger partial charge in [0.25, 0.3) is 0 Å². The Kier molecular flexibility index (Phi) is 4.15. The van der Waals surface area contributed by atoms with Crippen molar-refractivity contribution >= 4 is 17.3 Å². The van der Waals surface area contributed by atoms with Crippen LogP contribution in [0.2, 0.25) is 0 Å². The molecule has 0 fully saturated rings. The molecule has 0 saturated heterocycles. The summed E-state index contributed by atoms with van der Waals surface area (Å²) in [5, 5.41) is 0. The Bertz CT molecular complexity index is 632. The Morgan fingerprint density at radius 2 is 1.65 bits per heavy atom. The second-order valence-electron chi connectivity index (χ2n) is 4.34. The summed E-state index contributed by atoms with van der Waals surface area (Å²) in [6.07, 6.45) is -0.194. The molecule has 0 spiro atoms. The molecule has 4 heteroatoms. The van der Waals surface area contributed by atoms with E-state index in [2.05, 4.69) is 0 Å². The number of ether oxygens (including phenoxy) is 1. The van der Waals surface area contributed by atoms with Crippen molar-refractivity contribution in [2.24, 2.45) is 0 Å². The highest BCUT2D eigenvalue weighted by Gasteiger charge is 2.15. The van der Waals surface area contributed by atoms with E-state index in [1.807, 2.05) is 0 Å². The molecule has 0 heterocycles. The van der Waals surface area contributed by atoms with Gasteiger partial charge >= 0.3 is 0 Å². The molecule has 0 unspecified atom stereocenters. The summed E-state index contributed by atoms with van der Waals surface area (Å²) >= 11 is 0. The summed E-state index contributed by atoms with van der Waals surface area (Å²) in [6.45, 7) is 0. The number of benzene rings is 2. The molecular formula is C16H15NO3. The van der Waals surface area contributed by atoms with E-state index in [0.717, 1.165) is 0 Å². The van der Waals surface area contributed by atoms with Crippen LogP contribution in [0.3, 0.4) is 0 Å². The third-order valence-corrected chi connectivity index (χ3v) is 2.99. The number of hydrogen-bond donors (Lipinski definition) is 1. The average Bonchev–Trinajstić information content (AvgIpc) is 2.47. The monoisotopic (exact) mass is 269 g/mol. The molecule has 0 aromatic heterocycles. The van der Waals surface area contributed by atoms with Crippen LogP contribution < -0.4 is 10.5 Å². The highest BCUT2D eigenvalue weighted by atomic mass is 16.5. The van der Waals surface area contributed by atoms with Crippen LogP contribution in [-0.4, -0.2) is 18.7 Å². The quantitative estimate of drug-likeness (QED) is 0.515. The predicted octanol–water partition coefficient (Wildman–Crippen LogP) is 2.73. The molecule has 20 heavy (non-hydrogen) atoms. The fourth-order valence-electron chi connectivity index (χ4n) is 1.87. The molecule has 2 aromatic carbocycles. The lowest BCUT2D eigenvalue weighted by Gasteiger charge is -2.05. The van der Waals surface area contributed by atoms with Crippen LogP contribution in [-0.2, 0) is 0 Å². The molecular weight excluding hydrogens is 254 g/mol. The summed E-state index contributed by atoms with van der Waals surface area (Å²) in [4.78, 5) is 24.1. The zero-order valence-corrected chi connectivity index (χ0v) is 11.1. The van der Waals surface area contributed by atoms with Gasteiger partial charge in [-0.25, -0.2) is 0 Å². The molecule has 102 valence electrons. The van der Waals surface area contributed by atoms with Gasteiger partial charge in [0.2, 0.25) is 0 Å². The van der Waals surface area contributed by atoms with Crippen LogP contribution in [0.4, 0.5) is 5.69 Å². The fraction of sp³-hybridized carbons (Fsp3) is 0.125. The van der Waals surface area contributed by atoms with Crippen LogP contribution >= 0.6 is 0 Å². The highest BCUT2D eigenvalue weighted by Crippen LogP contribution is 2.16. The molecule has 2 N–H and O–H groups in total. The van der Waals surface area contributed by atoms with Crippen molar-refractivity contribution in [2.75, 3.05) is 12.8 Å². The average molecular weight is 269 g/mol. The summed E-state index contributed by atoms with van der Waals surface area (Å²) in [5.41, 5.74) is 6.98. The number of para-hydroxylation sites is 1. The Morgan fingerprint density at radius 3 is 2.25 bits per heavy atom. The number of anilines is 1. The first-order valence-electron chi connectivity index (χ1n) is 6.17. The highest BCUT2D eigenvalue weighted by molar-refractivity contribution is 6.15. The van der Waals surface area contributed by atoms with E-state index < -0.39 is 0 Å². The number of carbonyl (C=O) groups excluding carboxylic acids is 2. The van der Waals surface area contributed by atoms with E-state index >= 15 is 0 Å². The van der Waals surface area contributed by atoms with Gasteiger partial charge in [-0.3, -0.25) is 9.59 Å². The Morgan fingerprint density at radius 1 is 1.00 bits per heavy atom. The van der Waals surface area contributed by atoms with Crippen molar-refractivity contribution in [3.05, 3.63) is 59.7 Å². The van der Waals surface area contributed by atoms with Crippen molar-refractivity contribution < 1.29 is 14.3 Å². The SMILES string of the molecule is COc1ccc(C(=O)CC(=O)c2ccccc2N)cc1. The van der Waals surface area contributed by atoms with Crippen LogP contribution in [0.15, 0.2) is 48.5 Å². The molecule has 2 aromatic rings. The van der Waals surface area contributed by atoms with Crippen molar-refractivity contribution in [3.63, 3.8) is 0 Å². The van der Waals surface area contributed by atoms with E-state index in [1.165, 1.54) is 0 Å². The standard InChI is InChI=1S/C16H15NO3/c1-20-12-8-6-11(7-9-12)15(18)10-16(19)13-4-2-3-5-14(13)17/h2-9H,10,17H2,1H3. The molecule has 0 aliphatic rings. The molecule has 0 aliphatic carbocycles. The number of nitrogens with two attached hydrogens (primary N) is 1. The van der Waals surface area contributed by atoms with Crippen LogP contribution in [0, 0.1) is 0 Å². The maximum Gasteiger partial charge on any atom is 0.172 e. The second kappa shape index (κ2) is 6.02. The number of carbonyl (C=O) groups is 2. The third kappa shape index (κ3) is 3.03. The number of ketones is 2. The molecule has 0 bridgehead atoms. The van der Waals surface area contributed by atoms with Crippen LogP contribution in [0.1, 0.15) is 27.1 Å². The van der Waals surface area contributed by atoms with E-state index in [1.54, 1.807) is 55.6 Å². The van der Waals surface area contributed by atoms with Gasteiger partial charge in [-0.05, 0) is 36.4 Å². The summed E-state index contributed by atoms with van der Waals surface area (Å²) in [5.74, 6) is 0.157. The lowest BCUT2D eigenvalue weighted by molar-refractivity contribution is 0.0895. The minimum absolute atomic E-state index is 0.194. The van der Waals surface area contributed by atoms with E-state index in [9.17, 15) is 9.59 Å². The minimum Gasteiger partial charge on any atom is -0.497 e. The molecule has 0 aliphatic heterocycles. The number of rotatable bonds is 5. The summed E-state index contributed by atoms with van der Waals surface area (Å²) in [6, 6.07) is 13.4. The molecule has 0 atom stereocenters. The van der Waals surface area contributed by atoms with E-state index in [0.29, 0.717) is 22.6 Å². The second-order valence-corrected chi connectivity index (χ2v) is 4.34. The maximum absolute atomic E-state index is 12.0. The summed E-state index contributed by atoms with van der Waals surface area (Å²) in [7, 11) is 1.55. The Hall–Kier alpha value is -2.62. The van der Waals surface area contributed by atoms with Gasteiger partial charge in [-0.15, -0.1) is 0 Å². The molecule has 0 amide bonds. The van der Waals surface area contributed by atoms with Crippen molar-refractivity contribution in [1.29, 1.82) is 0 Å². The topological polar surface area (TPSA) is 69.4 Å². The van der Waals surface area contributed by atoms with Crippen molar-refractivity contribution in [1.82, 2.24) is 0 Å². The summed E-state index contributed by atoms with van der Waals surface area (Å²) < 4.78 is 5.02. The molecule has 4 nitrogen and oxygen atoms in total. The van der Waals surface area contributed by atoms with Gasteiger partial charge in [0.05, 0.1) is 13.5 Å². The lowest BCUT2D eigenvalue weighted by Crippen LogP contribution is -2.10. The molecule has 0 radical (unpaired) electrons. The minimum atomic E-state index is -0.274. The maximum atomic E-state index is 12.0. The Balaban J connectivity index is 2.11. The third-order valence-electron chi connectivity index (χ3n) is 2.99. The normalized spacial score (nSPS) is 10.1. The van der Waals surface area contributed by atoms with Crippen LogP contribution in [0.25, 0.3) is 0 Å². The number of nitrogen functional groups attached to an aromatic ring is 1. The van der Waals surface area contributed by atoms with Gasteiger partial charge in [-0.1, -0.05) is 12.1 Å². The van der Waals surface area contributed by atoms with Gasteiger partial charge in [0, 0.05) is 16.8 Å². The van der Waals surface area contributed by atoms with E-state index in [-0.39, 0.29) is 18.0 Å². The molecule has 2 rings (SSSR count). The van der Waals surface area contributed by atoms with Gasteiger partial charge in [0.1, 0.15) is 5.75 Å². The first kappa shape index (κ1) is 13.8. The van der Waals surface area contributed by atoms with Crippen LogP contribution in [0.5, 0.6) is 5.75 Å². The largest absolute Gasteiger partial charge is 0.497 e. The van der Waals surface area contributed by atoms with Gasteiger partial charge in [0.15, 0.2) is 11.6 Å². The smallest absolute Gasteiger partial charge is 0.172 e. The first-order valence-corrected chi connectivity index (χ1v) is 6.17. The van der Waals surface area contributed by atoms with Gasteiger partial charge in [-0.2, -0.15) is 0 Å². The van der Waals surface area contributed by atoms with Crippen molar-refractivity contribution in [2.45, 2.75) is 6.42 Å². The number of Topliss-reactive ketones (excluding diaryl/α,β-unsaturated/α-hetero) is 2. The molecule has 0 saturated carbocycles. The fourth-order valence-corrected chi connectivity index (χ4v) is 1.87.